The van der Waals surface area contributed by atoms with Crippen LogP contribution < -0.4 is 5.73 Å². The number of halogens is 3. The van der Waals surface area contributed by atoms with Crippen LogP contribution in [0, 0.1) is 17.5 Å². The molecule has 1 heterocycles. The van der Waals surface area contributed by atoms with Gasteiger partial charge in [0.25, 0.3) is 5.91 Å². The number of carbonyl (C=O) groups excluding carboxylic acids is 1. The molecule has 0 aliphatic carbocycles. The largest absolute Gasteiger partial charge is 0.366 e. The van der Waals surface area contributed by atoms with Gasteiger partial charge >= 0.3 is 0 Å². The van der Waals surface area contributed by atoms with E-state index >= 15 is 0 Å². The second kappa shape index (κ2) is 5.09. The zero-order valence-corrected chi connectivity index (χ0v) is 9.66. The van der Waals surface area contributed by atoms with Crippen LogP contribution in [-0.2, 0) is 6.42 Å². The van der Waals surface area contributed by atoms with E-state index in [1.54, 1.807) is 0 Å². The minimum Gasteiger partial charge on any atom is -0.366 e. The molecule has 0 saturated heterocycles. The van der Waals surface area contributed by atoms with Crippen molar-refractivity contribution in [3.05, 3.63) is 64.7 Å². The average Bonchev–Trinajstić information content (AvgIpc) is 2.39. The maximum Gasteiger partial charge on any atom is 0.250 e. The minimum absolute atomic E-state index is 0.0468. The third-order valence-electron chi connectivity index (χ3n) is 2.64. The van der Waals surface area contributed by atoms with Crippen LogP contribution in [0.15, 0.2) is 30.5 Å². The van der Waals surface area contributed by atoms with Crippen LogP contribution in [0.5, 0.6) is 0 Å². The maximum atomic E-state index is 13.5. The van der Waals surface area contributed by atoms with Crippen molar-refractivity contribution < 1.29 is 18.0 Å². The van der Waals surface area contributed by atoms with Crippen molar-refractivity contribution >= 4 is 5.91 Å². The van der Waals surface area contributed by atoms with Gasteiger partial charge in [0.1, 0.15) is 5.82 Å². The first kappa shape index (κ1) is 13.1. The zero-order valence-electron chi connectivity index (χ0n) is 9.66. The van der Waals surface area contributed by atoms with E-state index in [1.807, 2.05) is 0 Å². The van der Waals surface area contributed by atoms with Gasteiger partial charge in [-0.1, -0.05) is 0 Å². The summed E-state index contributed by atoms with van der Waals surface area (Å²) >= 11 is 0. The monoisotopic (exact) mass is 266 g/mol. The normalized spacial score (nSPS) is 10.5. The Bertz CT molecular complexity index is 644. The number of aromatic nitrogens is 1. The third-order valence-corrected chi connectivity index (χ3v) is 2.64. The standard InChI is InChI=1S/C13H9F3N2O/c14-9-3-4-10(15)12(16)8(9)6-11-7(13(17)19)2-1-5-18-11/h1-5H,6H2,(H2,17,19). The second-order valence-corrected chi connectivity index (χ2v) is 3.86. The number of carbonyl (C=O) groups is 1. The first-order valence-electron chi connectivity index (χ1n) is 5.36. The molecule has 0 saturated carbocycles. The van der Waals surface area contributed by atoms with Gasteiger partial charge in [0.05, 0.1) is 11.3 Å². The molecule has 0 aliphatic rings. The van der Waals surface area contributed by atoms with E-state index in [9.17, 15) is 18.0 Å². The van der Waals surface area contributed by atoms with E-state index in [1.165, 1.54) is 18.3 Å². The highest BCUT2D eigenvalue weighted by atomic mass is 19.2. The van der Waals surface area contributed by atoms with Crippen LogP contribution in [0.2, 0.25) is 0 Å². The Labute approximate surface area is 106 Å². The lowest BCUT2D eigenvalue weighted by Crippen LogP contribution is -2.15. The van der Waals surface area contributed by atoms with Crippen LogP contribution in [0.25, 0.3) is 0 Å². The lowest BCUT2D eigenvalue weighted by atomic mass is 10.0. The summed E-state index contributed by atoms with van der Waals surface area (Å²) in [6.45, 7) is 0. The fraction of sp³-hybridized carbons (Fsp3) is 0.0769. The van der Waals surface area contributed by atoms with Crippen molar-refractivity contribution in [3.8, 4) is 0 Å². The number of hydrogen-bond acceptors (Lipinski definition) is 2. The molecular weight excluding hydrogens is 257 g/mol. The molecule has 0 aliphatic heterocycles. The Hall–Kier alpha value is -2.37. The Morgan fingerprint density at radius 3 is 2.53 bits per heavy atom. The van der Waals surface area contributed by atoms with E-state index in [0.717, 1.165) is 6.07 Å². The summed E-state index contributed by atoms with van der Waals surface area (Å²) in [5.41, 5.74) is 4.79. The number of primary amides is 1. The van der Waals surface area contributed by atoms with Crippen molar-refractivity contribution in [1.29, 1.82) is 0 Å². The van der Waals surface area contributed by atoms with E-state index in [2.05, 4.69) is 4.98 Å². The van der Waals surface area contributed by atoms with Crippen LogP contribution in [-0.4, -0.2) is 10.9 Å². The molecule has 0 atom stereocenters. The second-order valence-electron chi connectivity index (χ2n) is 3.86. The van der Waals surface area contributed by atoms with Gasteiger partial charge in [0.2, 0.25) is 0 Å². The molecule has 1 amide bonds. The number of benzene rings is 1. The summed E-state index contributed by atoms with van der Waals surface area (Å²) in [5, 5.41) is 0. The summed E-state index contributed by atoms with van der Waals surface area (Å²) < 4.78 is 40.1. The van der Waals surface area contributed by atoms with Crippen LogP contribution in [0.3, 0.4) is 0 Å². The van der Waals surface area contributed by atoms with Crippen LogP contribution in [0.4, 0.5) is 13.2 Å². The highest BCUT2D eigenvalue weighted by Crippen LogP contribution is 2.20. The molecule has 6 heteroatoms. The summed E-state index contributed by atoms with van der Waals surface area (Å²) in [4.78, 5) is 15.0. The molecule has 0 spiro atoms. The molecule has 0 radical (unpaired) electrons. The summed E-state index contributed by atoms with van der Waals surface area (Å²) in [5.74, 6) is -4.12. The lowest BCUT2D eigenvalue weighted by Gasteiger charge is -2.08. The molecule has 19 heavy (non-hydrogen) atoms. The van der Waals surface area contributed by atoms with E-state index in [4.69, 9.17) is 5.73 Å². The van der Waals surface area contributed by atoms with Gasteiger partial charge in [-0.2, -0.15) is 0 Å². The van der Waals surface area contributed by atoms with Crippen molar-refractivity contribution in [3.63, 3.8) is 0 Å². The highest BCUT2D eigenvalue weighted by Gasteiger charge is 2.17. The molecule has 1 aromatic carbocycles. The fourth-order valence-corrected chi connectivity index (χ4v) is 1.70. The third kappa shape index (κ3) is 2.57. The summed E-state index contributed by atoms with van der Waals surface area (Å²) in [7, 11) is 0. The fourth-order valence-electron chi connectivity index (χ4n) is 1.70. The van der Waals surface area contributed by atoms with Gasteiger partial charge < -0.3 is 5.73 Å². The topological polar surface area (TPSA) is 56.0 Å². The quantitative estimate of drug-likeness (QED) is 0.866. The predicted molar refractivity (Wildman–Crippen MR) is 61.9 cm³/mol. The number of hydrogen-bond donors (Lipinski definition) is 1. The average molecular weight is 266 g/mol. The Morgan fingerprint density at radius 1 is 1.16 bits per heavy atom. The molecule has 2 aromatic rings. The predicted octanol–water partition coefficient (Wildman–Crippen LogP) is 2.19. The highest BCUT2D eigenvalue weighted by molar-refractivity contribution is 5.93. The van der Waals surface area contributed by atoms with Crippen LogP contribution in [0.1, 0.15) is 21.6 Å². The molecule has 98 valence electrons. The van der Waals surface area contributed by atoms with Gasteiger partial charge in [0, 0.05) is 18.2 Å². The number of amides is 1. The van der Waals surface area contributed by atoms with E-state index in [-0.39, 0.29) is 17.7 Å². The summed E-state index contributed by atoms with van der Waals surface area (Å²) in [6.07, 6.45) is 1.01. The van der Waals surface area contributed by atoms with Gasteiger partial charge in [0.15, 0.2) is 11.6 Å². The molecule has 3 nitrogen and oxygen atoms in total. The Kier molecular flexibility index (Phi) is 3.50. The first-order valence-corrected chi connectivity index (χ1v) is 5.36. The summed E-state index contributed by atoms with van der Waals surface area (Å²) in [6, 6.07) is 4.38. The van der Waals surface area contributed by atoms with Crippen molar-refractivity contribution in [2.75, 3.05) is 0 Å². The molecule has 0 unspecified atom stereocenters. The molecule has 2 N–H and O–H groups in total. The van der Waals surface area contributed by atoms with Gasteiger partial charge in [-0.25, -0.2) is 13.2 Å². The smallest absolute Gasteiger partial charge is 0.250 e. The number of rotatable bonds is 3. The molecule has 2 rings (SSSR count). The minimum atomic E-state index is -1.29. The first-order chi connectivity index (χ1) is 9.00. The van der Waals surface area contributed by atoms with Gasteiger partial charge in [-0.3, -0.25) is 9.78 Å². The number of nitrogens with zero attached hydrogens (tertiary/aromatic N) is 1. The Balaban J connectivity index is 2.48. The van der Waals surface area contributed by atoms with Crippen molar-refractivity contribution in [1.82, 2.24) is 4.98 Å². The Morgan fingerprint density at radius 2 is 1.84 bits per heavy atom. The molecule has 0 fully saturated rings. The van der Waals surface area contributed by atoms with Gasteiger partial charge in [-0.05, 0) is 24.3 Å². The molecule has 1 aromatic heterocycles. The van der Waals surface area contributed by atoms with E-state index < -0.39 is 28.9 Å². The van der Waals surface area contributed by atoms with E-state index in [0.29, 0.717) is 6.07 Å². The molecular formula is C13H9F3N2O. The lowest BCUT2D eigenvalue weighted by molar-refractivity contribution is 0.0999. The number of pyridine rings is 1. The zero-order chi connectivity index (χ0) is 14.0. The molecule has 0 bridgehead atoms. The SMILES string of the molecule is NC(=O)c1cccnc1Cc1c(F)ccc(F)c1F. The van der Waals surface area contributed by atoms with Gasteiger partial charge in [-0.15, -0.1) is 0 Å². The van der Waals surface area contributed by atoms with Crippen molar-refractivity contribution in [2.45, 2.75) is 6.42 Å². The number of nitrogens with two attached hydrogens (primary N) is 1. The maximum absolute atomic E-state index is 13.5. The van der Waals surface area contributed by atoms with Crippen molar-refractivity contribution in [2.24, 2.45) is 5.73 Å². The van der Waals surface area contributed by atoms with Crippen LogP contribution >= 0.6 is 0 Å².